The van der Waals surface area contributed by atoms with Crippen LogP contribution in [-0.4, -0.2) is 17.5 Å². The number of fused-ring (bicyclic) bond motifs is 4. The summed E-state index contributed by atoms with van der Waals surface area (Å²) in [4.78, 5) is 23.3. The fourth-order valence-corrected chi connectivity index (χ4v) is 7.32. The summed E-state index contributed by atoms with van der Waals surface area (Å²) in [6, 6.07) is 5.84. The molecule has 2 aliphatic carbocycles. The van der Waals surface area contributed by atoms with Crippen molar-refractivity contribution in [2.45, 2.75) is 85.2 Å². The zero-order valence-electron chi connectivity index (χ0n) is 19.9. The standard InChI is InChI=1S/C26H33NO5/c1-15(28)30-20-12-17-18(14-27)23-25(5)10-7-9-24(3,4)22(25)8-11-26(23,6)32-19(17)13-21(20)31-16(2)29/h12-13,18,22-23H,7-11H2,1-6H3/t18-,22+,23-,25+,26+/m1/s1. The minimum Gasteiger partial charge on any atom is -0.487 e. The number of esters is 2. The zero-order valence-corrected chi connectivity index (χ0v) is 19.9. The number of nitrogens with zero attached hydrogens (tertiary/aromatic N) is 1. The Balaban J connectivity index is 1.86. The summed E-state index contributed by atoms with van der Waals surface area (Å²) in [5.41, 5.74) is 0.384. The Morgan fingerprint density at radius 3 is 2.25 bits per heavy atom. The van der Waals surface area contributed by atoms with Crippen molar-refractivity contribution in [3.8, 4) is 23.3 Å². The molecule has 0 aromatic heterocycles. The van der Waals surface area contributed by atoms with E-state index in [-0.39, 0.29) is 28.2 Å². The zero-order chi connectivity index (χ0) is 23.5. The minimum absolute atomic E-state index is 0.00979. The molecule has 1 aliphatic heterocycles. The number of hydrogen-bond donors (Lipinski definition) is 0. The van der Waals surface area contributed by atoms with Gasteiger partial charge in [-0.2, -0.15) is 5.26 Å². The first-order valence-corrected chi connectivity index (χ1v) is 11.5. The first kappa shape index (κ1) is 22.6. The van der Waals surface area contributed by atoms with Crippen LogP contribution in [0.4, 0.5) is 0 Å². The first-order valence-electron chi connectivity index (χ1n) is 11.5. The average Bonchev–Trinajstić information content (AvgIpc) is 2.65. The molecule has 0 unspecified atom stereocenters. The molecule has 32 heavy (non-hydrogen) atoms. The lowest BCUT2D eigenvalue weighted by Crippen LogP contribution is -2.62. The van der Waals surface area contributed by atoms with Crippen LogP contribution in [0, 0.1) is 34.0 Å². The minimum atomic E-state index is -0.521. The number of carbonyl (C=O) groups excluding carboxylic acids is 2. The number of nitriles is 1. The summed E-state index contributed by atoms with van der Waals surface area (Å²) in [6.07, 6.45) is 5.34. The molecule has 4 rings (SSSR count). The third-order valence-corrected chi connectivity index (χ3v) is 8.31. The van der Waals surface area contributed by atoms with Gasteiger partial charge in [0.2, 0.25) is 0 Å². The van der Waals surface area contributed by atoms with Crippen molar-refractivity contribution in [3.05, 3.63) is 17.7 Å². The molecule has 6 nitrogen and oxygen atoms in total. The van der Waals surface area contributed by atoms with Gasteiger partial charge < -0.3 is 14.2 Å². The van der Waals surface area contributed by atoms with E-state index in [1.807, 2.05) is 0 Å². The topological polar surface area (TPSA) is 85.6 Å². The molecule has 1 aromatic carbocycles. The monoisotopic (exact) mass is 439 g/mol. The van der Waals surface area contributed by atoms with Crippen LogP contribution in [0.5, 0.6) is 17.2 Å². The third-order valence-electron chi connectivity index (χ3n) is 8.31. The lowest BCUT2D eigenvalue weighted by atomic mass is 9.43. The Labute approximate surface area is 190 Å². The van der Waals surface area contributed by atoms with Gasteiger partial charge in [0, 0.05) is 31.4 Å². The van der Waals surface area contributed by atoms with Crippen LogP contribution in [0.2, 0.25) is 0 Å². The summed E-state index contributed by atoms with van der Waals surface area (Å²) in [5.74, 6) is -0.138. The van der Waals surface area contributed by atoms with Crippen LogP contribution in [-0.2, 0) is 9.59 Å². The summed E-state index contributed by atoms with van der Waals surface area (Å²) in [6.45, 7) is 11.8. The molecule has 2 fully saturated rings. The molecular formula is C26H33NO5. The Morgan fingerprint density at radius 2 is 1.66 bits per heavy atom. The maximum absolute atomic E-state index is 11.7. The van der Waals surface area contributed by atoms with Gasteiger partial charge >= 0.3 is 11.9 Å². The van der Waals surface area contributed by atoms with Gasteiger partial charge in [0.05, 0.1) is 12.0 Å². The molecule has 1 heterocycles. The highest BCUT2D eigenvalue weighted by Crippen LogP contribution is 2.67. The van der Waals surface area contributed by atoms with Gasteiger partial charge in [-0.05, 0) is 55.4 Å². The van der Waals surface area contributed by atoms with Crippen LogP contribution in [0.3, 0.4) is 0 Å². The first-order chi connectivity index (χ1) is 14.9. The molecular weight excluding hydrogens is 406 g/mol. The molecule has 6 heteroatoms. The highest BCUT2D eigenvalue weighted by Gasteiger charge is 2.63. The Morgan fingerprint density at radius 1 is 1.03 bits per heavy atom. The molecule has 5 atom stereocenters. The second kappa shape index (κ2) is 7.50. The lowest BCUT2D eigenvalue weighted by Gasteiger charge is -2.64. The molecule has 0 radical (unpaired) electrons. The van der Waals surface area contributed by atoms with Gasteiger partial charge in [0.1, 0.15) is 11.4 Å². The summed E-state index contributed by atoms with van der Waals surface area (Å²) in [7, 11) is 0. The van der Waals surface area contributed by atoms with Crippen molar-refractivity contribution >= 4 is 11.9 Å². The SMILES string of the molecule is CC(=O)Oc1cc2c(cc1OC(C)=O)[C@@H](C#N)[C@@H]1[C@@]3(C)CCCC(C)(C)[C@@H]3CC[C@]1(C)O2. The van der Waals surface area contributed by atoms with E-state index in [4.69, 9.17) is 14.2 Å². The van der Waals surface area contributed by atoms with E-state index >= 15 is 0 Å². The largest absolute Gasteiger partial charge is 0.487 e. The molecule has 172 valence electrons. The average molecular weight is 440 g/mol. The van der Waals surface area contributed by atoms with E-state index in [2.05, 4.69) is 33.8 Å². The quantitative estimate of drug-likeness (QED) is 0.444. The van der Waals surface area contributed by atoms with Crippen LogP contribution < -0.4 is 14.2 Å². The molecule has 2 saturated carbocycles. The summed E-state index contributed by atoms with van der Waals surface area (Å²) >= 11 is 0. The van der Waals surface area contributed by atoms with E-state index in [1.165, 1.54) is 20.3 Å². The fourth-order valence-electron chi connectivity index (χ4n) is 7.32. The summed E-state index contributed by atoms with van der Waals surface area (Å²) < 4.78 is 17.3. The van der Waals surface area contributed by atoms with Crippen molar-refractivity contribution in [2.24, 2.45) is 22.7 Å². The van der Waals surface area contributed by atoms with E-state index in [9.17, 15) is 14.9 Å². The van der Waals surface area contributed by atoms with Gasteiger partial charge in [0.15, 0.2) is 11.5 Å². The van der Waals surface area contributed by atoms with Gasteiger partial charge in [-0.25, -0.2) is 0 Å². The van der Waals surface area contributed by atoms with Gasteiger partial charge in [0.25, 0.3) is 0 Å². The van der Waals surface area contributed by atoms with Crippen LogP contribution in [0.15, 0.2) is 12.1 Å². The number of rotatable bonds is 2. The second-order valence-corrected chi connectivity index (χ2v) is 11.0. The predicted molar refractivity (Wildman–Crippen MR) is 118 cm³/mol. The maximum Gasteiger partial charge on any atom is 0.308 e. The molecule has 0 amide bonds. The molecule has 0 spiro atoms. The van der Waals surface area contributed by atoms with Gasteiger partial charge in [-0.1, -0.05) is 27.2 Å². The lowest BCUT2D eigenvalue weighted by molar-refractivity contribution is -0.167. The molecule has 0 bridgehead atoms. The predicted octanol–water partition coefficient (Wildman–Crippen LogP) is 5.54. The number of carbonyl (C=O) groups is 2. The maximum atomic E-state index is 11.7. The Kier molecular flexibility index (Phi) is 5.31. The highest BCUT2D eigenvalue weighted by molar-refractivity contribution is 5.74. The molecule has 1 aromatic rings. The Hall–Kier alpha value is -2.55. The van der Waals surface area contributed by atoms with Gasteiger partial charge in [-0.3, -0.25) is 9.59 Å². The molecule has 3 aliphatic rings. The second-order valence-electron chi connectivity index (χ2n) is 11.0. The van der Waals surface area contributed by atoms with Crippen molar-refractivity contribution in [2.75, 3.05) is 0 Å². The van der Waals surface area contributed by atoms with E-state index in [0.717, 1.165) is 25.7 Å². The normalized spacial score (nSPS) is 34.6. The Bertz CT molecular complexity index is 1010. The number of benzene rings is 1. The van der Waals surface area contributed by atoms with E-state index in [0.29, 0.717) is 17.2 Å². The van der Waals surface area contributed by atoms with Crippen molar-refractivity contribution < 1.29 is 23.8 Å². The smallest absolute Gasteiger partial charge is 0.308 e. The number of ether oxygens (including phenoxy) is 3. The number of hydrogen-bond acceptors (Lipinski definition) is 6. The molecule has 0 saturated heterocycles. The van der Waals surface area contributed by atoms with E-state index < -0.39 is 23.5 Å². The van der Waals surface area contributed by atoms with Gasteiger partial charge in [-0.15, -0.1) is 0 Å². The summed E-state index contributed by atoms with van der Waals surface area (Å²) in [5, 5.41) is 10.4. The third kappa shape index (κ3) is 3.46. The van der Waals surface area contributed by atoms with Crippen LogP contribution in [0.25, 0.3) is 0 Å². The van der Waals surface area contributed by atoms with Crippen molar-refractivity contribution in [1.29, 1.82) is 5.26 Å². The fraction of sp³-hybridized carbons (Fsp3) is 0.654. The highest BCUT2D eigenvalue weighted by atomic mass is 16.6. The van der Waals surface area contributed by atoms with E-state index in [1.54, 1.807) is 12.1 Å². The molecule has 0 N–H and O–H groups in total. The van der Waals surface area contributed by atoms with Crippen LogP contribution in [0.1, 0.15) is 85.1 Å². The van der Waals surface area contributed by atoms with Crippen molar-refractivity contribution in [1.82, 2.24) is 0 Å². The van der Waals surface area contributed by atoms with Crippen LogP contribution >= 0.6 is 0 Å². The van der Waals surface area contributed by atoms with Crippen molar-refractivity contribution in [3.63, 3.8) is 0 Å².